The highest BCUT2D eigenvalue weighted by molar-refractivity contribution is 6.30. The second-order valence-corrected chi connectivity index (χ2v) is 3.89. The molecule has 2 rings (SSSR count). The van der Waals surface area contributed by atoms with Gasteiger partial charge in [0.05, 0.1) is 11.9 Å². The Hall–Kier alpha value is -1.88. The molecule has 0 radical (unpaired) electrons. The summed E-state index contributed by atoms with van der Waals surface area (Å²) >= 11 is 5.79. The average molecular weight is 254 g/mol. The molecule has 0 aliphatic rings. The average Bonchev–Trinajstić information content (AvgIpc) is 2.69. The molecule has 1 heterocycles. The molecule has 2 N–H and O–H groups in total. The monoisotopic (exact) mass is 253 g/mol. The Kier molecular flexibility index (Phi) is 3.10. The molecule has 0 aliphatic carbocycles. The Labute approximate surface area is 102 Å². The summed E-state index contributed by atoms with van der Waals surface area (Å²) in [5.74, 6) is -0.392. The van der Waals surface area contributed by atoms with Crippen LogP contribution < -0.4 is 5.32 Å². The van der Waals surface area contributed by atoms with Gasteiger partial charge in [-0.2, -0.15) is 0 Å². The minimum atomic E-state index is -0.410. The Bertz CT molecular complexity index is 568. The summed E-state index contributed by atoms with van der Waals surface area (Å²) in [7, 11) is 0. The van der Waals surface area contributed by atoms with Gasteiger partial charge in [-0.1, -0.05) is 11.6 Å². The highest BCUT2D eigenvalue weighted by Gasteiger charge is 2.09. The molecule has 1 aromatic carbocycles. The molecule has 0 fully saturated rings. The van der Waals surface area contributed by atoms with Crippen molar-refractivity contribution in [1.29, 1.82) is 0 Å². The van der Waals surface area contributed by atoms with E-state index in [4.69, 9.17) is 11.6 Å². The van der Waals surface area contributed by atoms with Crippen molar-refractivity contribution in [2.75, 3.05) is 5.32 Å². The van der Waals surface area contributed by atoms with E-state index in [1.165, 1.54) is 31.3 Å². The molecular formula is C11H9ClFN3O. The number of benzene rings is 1. The van der Waals surface area contributed by atoms with Crippen molar-refractivity contribution < 1.29 is 9.18 Å². The van der Waals surface area contributed by atoms with Gasteiger partial charge in [-0.15, -0.1) is 0 Å². The fraction of sp³-hybridized carbons (Fsp3) is 0.0909. The van der Waals surface area contributed by atoms with Gasteiger partial charge in [-0.3, -0.25) is 10.1 Å². The summed E-state index contributed by atoms with van der Waals surface area (Å²) in [5, 5.41) is 2.90. The quantitative estimate of drug-likeness (QED) is 0.865. The van der Waals surface area contributed by atoms with Gasteiger partial charge >= 0.3 is 0 Å². The molecule has 0 saturated heterocycles. The van der Waals surface area contributed by atoms with Crippen LogP contribution in [0, 0.1) is 5.82 Å². The van der Waals surface area contributed by atoms with Crippen LogP contribution in [0.4, 0.5) is 10.3 Å². The van der Waals surface area contributed by atoms with E-state index in [1.807, 2.05) is 0 Å². The van der Waals surface area contributed by atoms with Crippen molar-refractivity contribution in [1.82, 2.24) is 9.97 Å². The van der Waals surface area contributed by atoms with E-state index < -0.39 is 5.82 Å². The zero-order valence-electron chi connectivity index (χ0n) is 8.92. The van der Waals surface area contributed by atoms with Gasteiger partial charge in [-0.05, 0) is 18.2 Å². The van der Waals surface area contributed by atoms with Gasteiger partial charge in [0.1, 0.15) is 5.82 Å². The molecule has 0 aliphatic heterocycles. The maximum Gasteiger partial charge on any atom is 0.223 e. The number of carbonyl (C=O) groups excluding carboxylic acids is 1. The maximum absolute atomic E-state index is 13.5. The summed E-state index contributed by atoms with van der Waals surface area (Å²) in [5.41, 5.74) is 0.760. The number of halogens is 2. The van der Waals surface area contributed by atoms with Gasteiger partial charge in [0, 0.05) is 17.5 Å². The van der Waals surface area contributed by atoms with Crippen molar-refractivity contribution in [3.63, 3.8) is 0 Å². The predicted molar refractivity (Wildman–Crippen MR) is 63.3 cm³/mol. The number of hydrogen-bond acceptors (Lipinski definition) is 2. The molecule has 0 unspecified atom stereocenters. The third-order valence-electron chi connectivity index (χ3n) is 2.09. The fourth-order valence-electron chi connectivity index (χ4n) is 1.39. The molecule has 2 aromatic rings. The molecule has 0 bridgehead atoms. The van der Waals surface area contributed by atoms with Crippen LogP contribution in [-0.2, 0) is 4.79 Å². The summed E-state index contributed by atoms with van der Waals surface area (Å²) in [4.78, 5) is 17.5. The Morgan fingerprint density at radius 2 is 2.29 bits per heavy atom. The molecular weight excluding hydrogens is 245 g/mol. The largest absolute Gasteiger partial charge is 0.324 e. The Morgan fingerprint density at radius 1 is 1.53 bits per heavy atom. The molecule has 4 nitrogen and oxygen atoms in total. The molecule has 0 spiro atoms. The lowest BCUT2D eigenvalue weighted by molar-refractivity contribution is -0.114. The van der Waals surface area contributed by atoms with E-state index in [9.17, 15) is 9.18 Å². The van der Waals surface area contributed by atoms with Gasteiger partial charge in [0.2, 0.25) is 11.9 Å². The normalized spacial score (nSPS) is 10.3. The molecule has 6 heteroatoms. The first-order valence-corrected chi connectivity index (χ1v) is 5.22. The van der Waals surface area contributed by atoms with Crippen molar-refractivity contribution in [3.8, 4) is 11.3 Å². The number of nitrogens with one attached hydrogen (secondary N) is 2. The topological polar surface area (TPSA) is 57.8 Å². The standard InChI is InChI=1S/C11H9ClFN3O/c1-6(17)15-11-14-5-10(16-11)8-4-7(12)2-3-9(8)13/h2-5H,1H3,(H2,14,15,16,17). The van der Waals surface area contributed by atoms with Crippen molar-refractivity contribution >= 4 is 23.5 Å². The summed E-state index contributed by atoms with van der Waals surface area (Å²) in [6, 6.07) is 4.23. The van der Waals surface area contributed by atoms with Crippen LogP contribution in [0.1, 0.15) is 6.92 Å². The van der Waals surface area contributed by atoms with Gasteiger partial charge in [0.25, 0.3) is 0 Å². The van der Waals surface area contributed by atoms with E-state index in [-0.39, 0.29) is 11.9 Å². The van der Waals surface area contributed by atoms with Crippen LogP contribution in [0.5, 0.6) is 0 Å². The first-order valence-electron chi connectivity index (χ1n) is 4.84. The lowest BCUT2D eigenvalue weighted by Gasteiger charge is -2.00. The molecule has 1 aromatic heterocycles. The van der Waals surface area contributed by atoms with Gasteiger partial charge in [0.15, 0.2) is 0 Å². The van der Waals surface area contributed by atoms with Crippen molar-refractivity contribution in [2.24, 2.45) is 0 Å². The second kappa shape index (κ2) is 4.55. The summed E-state index contributed by atoms with van der Waals surface area (Å²) in [6.07, 6.45) is 1.43. The summed E-state index contributed by atoms with van der Waals surface area (Å²) in [6.45, 7) is 1.36. The highest BCUT2D eigenvalue weighted by atomic mass is 35.5. The number of hydrogen-bond donors (Lipinski definition) is 2. The van der Waals surface area contributed by atoms with Crippen LogP contribution in [0.3, 0.4) is 0 Å². The van der Waals surface area contributed by atoms with Crippen LogP contribution in [-0.4, -0.2) is 15.9 Å². The SMILES string of the molecule is CC(=O)Nc1ncc(-c2cc(Cl)ccc2F)[nH]1. The van der Waals surface area contributed by atoms with E-state index in [1.54, 1.807) is 0 Å². The van der Waals surface area contributed by atoms with Crippen LogP contribution in [0.2, 0.25) is 5.02 Å². The fourth-order valence-corrected chi connectivity index (χ4v) is 1.56. The highest BCUT2D eigenvalue weighted by Crippen LogP contribution is 2.25. The number of anilines is 1. The number of imidazole rings is 1. The van der Waals surface area contributed by atoms with E-state index >= 15 is 0 Å². The first-order chi connectivity index (χ1) is 8.06. The lowest BCUT2D eigenvalue weighted by atomic mass is 10.1. The molecule has 88 valence electrons. The van der Waals surface area contributed by atoms with Crippen molar-refractivity contribution in [3.05, 3.63) is 35.2 Å². The first kappa shape index (κ1) is 11.6. The van der Waals surface area contributed by atoms with Crippen LogP contribution >= 0.6 is 11.6 Å². The number of nitrogens with zero attached hydrogens (tertiary/aromatic N) is 1. The third kappa shape index (κ3) is 2.62. The lowest BCUT2D eigenvalue weighted by Crippen LogP contribution is -2.06. The number of amides is 1. The van der Waals surface area contributed by atoms with Crippen LogP contribution in [0.25, 0.3) is 11.3 Å². The van der Waals surface area contributed by atoms with E-state index in [0.29, 0.717) is 16.3 Å². The zero-order chi connectivity index (χ0) is 12.4. The Morgan fingerprint density at radius 3 is 3.00 bits per heavy atom. The summed E-state index contributed by atoms with van der Waals surface area (Å²) < 4.78 is 13.5. The number of aromatic amines is 1. The molecule has 0 atom stereocenters. The van der Waals surface area contributed by atoms with Crippen LogP contribution in [0.15, 0.2) is 24.4 Å². The molecule has 0 saturated carbocycles. The Balaban J connectivity index is 2.36. The number of rotatable bonds is 2. The maximum atomic E-state index is 13.5. The third-order valence-corrected chi connectivity index (χ3v) is 2.32. The zero-order valence-corrected chi connectivity index (χ0v) is 9.68. The smallest absolute Gasteiger partial charge is 0.223 e. The van der Waals surface area contributed by atoms with E-state index in [2.05, 4.69) is 15.3 Å². The minimum absolute atomic E-state index is 0.252. The second-order valence-electron chi connectivity index (χ2n) is 3.45. The number of aromatic nitrogens is 2. The van der Waals surface area contributed by atoms with E-state index in [0.717, 1.165) is 0 Å². The van der Waals surface area contributed by atoms with Gasteiger partial charge in [-0.25, -0.2) is 9.37 Å². The number of carbonyl (C=O) groups is 1. The minimum Gasteiger partial charge on any atom is -0.324 e. The molecule has 17 heavy (non-hydrogen) atoms. The predicted octanol–water partition coefficient (Wildman–Crippen LogP) is 2.83. The van der Waals surface area contributed by atoms with Gasteiger partial charge < -0.3 is 4.98 Å². The molecule has 1 amide bonds. The van der Waals surface area contributed by atoms with Crippen molar-refractivity contribution in [2.45, 2.75) is 6.92 Å². The number of H-pyrrole nitrogens is 1.